The number of amides is 1. The highest BCUT2D eigenvalue weighted by Gasteiger charge is 2.44. The standard InChI is InChI=1S/C26H23F2N9O/c1-15-24(38)37(20-4-2-3-16(9-20)11-29)21-14-31-25(33-18-10-17-12-32-35-22(17)30-13-18)34-23(21)36(15)19-5-7-26(27,28)8-6-19/h2-4,9-10,12-15,19H,5-8H2,1H3,(H,30,32,35)(H,31,33,34)/t15-/m1/s1. The van der Waals surface area contributed by atoms with E-state index in [0.29, 0.717) is 34.1 Å². The minimum atomic E-state index is -2.71. The number of hydrogen-bond donors (Lipinski definition) is 2. The quantitative estimate of drug-likeness (QED) is 0.396. The largest absolute Gasteiger partial charge is 0.340 e. The smallest absolute Gasteiger partial charge is 0.254 e. The van der Waals surface area contributed by atoms with E-state index in [2.05, 4.69) is 31.6 Å². The lowest BCUT2D eigenvalue weighted by atomic mass is 9.89. The zero-order valence-corrected chi connectivity index (χ0v) is 20.4. The number of benzene rings is 1. The molecular formula is C26H23F2N9O. The molecule has 1 aromatic carbocycles. The lowest BCUT2D eigenvalue weighted by Gasteiger charge is -2.46. The molecule has 0 unspecified atom stereocenters. The van der Waals surface area contributed by atoms with Crippen molar-refractivity contribution in [2.45, 2.75) is 50.6 Å². The molecule has 1 aliphatic carbocycles. The van der Waals surface area contributed by atoms with Gasteiger partial charge in [-0.15, -0.1) is 0 Å². The molecule has 4 heterocycles. The van der Waals surface area contributed by atoms with Crippen molar-refractivity contribution in [3.8, 4) is 6.07 Å². The van der Waals surface area contributed by atoms with E-state index in [4.69, 9.17) is 4.98 Å². The Labute approximate surface area is 216 Å². The molecule has 0 bridgehead atoms. The monoisotopic (exact) mass is 515 g/mol. The van der Waals surface area contributed by atoms with Crippen LogP contribution in [-0.2, 0) is 4.79 Å². The molecule has 2 N–H and O–H groups in total. The normalized spacial score (nSPS) is 19.3. The number of aromatic nitrogens is 5. The molecule has 1 aliphatic heterocycles. The van der Waals surface area contributed by atoms with Crippen LogP contribution >= 0.6 is 0 Å². The number of fused-ring (bicyclic) bond motifs is 2. The van der Waals surface area contributed by atoms with Crippen LogP contribution in [0.1, 0.15) is 38.2 Å². The zero-order valence-electron chi connectivity index (χ0n) is 20.4. The summed E-state index contributed by atoms with van der Waals surface area (Å²) in [5, 5.41) is 20.1. The van der Waals surface area contributed by atoms with Gasteiger partial charge < -0.3 is 10.2 Å². The van der Waals surface area contributed by atoms with Gasteiger partial charge in [0.2, 0.25) is 11.9 Å². The number of anilines is 5. The highest BCUT2D eigenvalue weighted by atomic mass is 19.3. The number of hydrogen-bond acceptors (Lipinski definition) is 8. The molecule has 38 heavy (non-hydrogen) atoms. The van der Waals surface area contributed by atoms with E-state index in [-0.39, 0.29) is 43.6 Å². The molecule has 6 rings (SSSR count). The summed E-state index contributed by atoms with van der Waals surface area (Å²) in [5.74, 6) is -2.22. The van der Waals surface area contributed by atoms with E-state index >= 15 is 0 Å². The van der Waals surface area contributed by atoms with Gasteiger partial charge in [-0.3, -0.25) is 14.8 Å². The Morgan fingerprint density at radius 1 is 1.16 bits per heavy atom. The van der Waals surface area contributed by atoms with Crippen LogP contribution in [0.2, 0.25) is 0 Å². The molecule has 1 amide bonds. The van der Waals surface area contributed by atoms with Crippen molar-refractivity contribution < 1.29 is 13.6 Å². The third-order valence-corrected chi connectivity index (χ3v) is 7.09. The van der Waals surface area contributed by atoms with Crippen molar-refractivity contribution in [3.05, 3.63) is 54.5 Å². The predicted molar refractivity (Wildman–Crippen MR) is 137 cm³/mol. The number of nitrogens with zero attached hydrogens (tertiary/aromatic N) is 7. The number of alkyl halides is 2. The maximum Gasteiger partial charge on any atom is 0.254 e. The van der Waals surface area contributed by atoms with Gasteiger partial charge in [-0.1, -0.05) is 6.07 Å². The van der Waals surface area contributed by atoms with Gasteiger partial charge in [0.05, 0.1) is 41.6 Å². The summed E-state index contributed by atoms with van der Waals surface area (Å²) in [6, 6.07) is 9.72. The van der Waals surface area contributed by atoms with Crippen LogP contribution < -0.4 is 15.1 Å². The molecule has 1 saturated carbocycles. The number of carbonyl (C=O) groups is 1. The molecule has 3 aromatic heterocycles. The van der Waals surface area contributed by atoms with Crippen molar-refractivity contribution in [2.24, 2.45) is 0 Å². The Hall–Kier alpha value is -4.66. The maximum absolute atomic E-state index is 14.0. The predicted octanol–water partition coefficient (Wildman–Crippen LogP) is 4.81. The second-order valence-corrected chi connectivity index (χ2v) is 9.57. The Morgan fingerprint density at radius 2 is 1.97 bits per heavy atom. The molecule has 1 atom stereocenters. The van der Waals surface area contributed by atoms with Crippen LogP contribution in [0, 0.1) is 11.3 Å². The maximum atomic E-state index is 14.0. The molecule has 192 valence electrons. The Kier molecular flexibility index (Phi) is 5.63. The highest BCUT2D eigenvalue weighted by molar-refractivity contribution is 6.10. The number of nitrogens with one attached hydrogen (secondary N) is 2. The zero-order chi connectivity index (χ0) is 26.4. The van der Waals surface area contributed by atoms with Crippen molar-refractivity contribution in [2.75, 3.05) is 15.1 Å². The van der Waals surface area contributed by atoms with Crippen molar-refractivity contribution in [1.82, 2.24) is 25.1 Å². The van der Waals surface area contributed by atoms with Crippen LogP contribution in [0.3, 0.4) is 0 Å². The first-order chi connectivity index (χ1) is 18.3. The van der Waals surface area contributed by atoms with Gasteiger partial charge in [0.1, 0.15) is 11.7 Å². The van der Waals surface area contributed by atoms with Crippen molar-refractivity contribution >= 4 is 45.8 Å². The average molecular weight is 516 g/mol. The van der Waals surface area contributed by atoms with Crippen LogP contribution in [0.5, 0.6) is 0 Å². The fourth-order valence-electron chi connectivity index (χ4n) is 5.19. The van der Waals surface area contributed by atoms with E-state index in [0.717, 1.165) is 5.39 Å². The molecule has 2 aliphatic rings. The first-order valence-electron chi connectivity index (χ1n) is 12.3. The molecule has 0 saturated heterocycles. The Bertz CT molecular complexity index is 1570. The summed E-state index contributed by atoms with van der Waals surface area (Å²) < 4.78 is 28.0. The van der Waals surface area contributed by atoms with Gasteiger partial charge >= 0.3 is 0 Å². The SMILES string of the molecule is C[C@@H]1C(=O)N(c2cccc(C#N)c2)c2cnc(Nc3cnc4[nH]ncc4c3)nc2N1C1CCC(F)(F)CC1. The Balaban J connectivity index is 1.43. The Morgan fingerprint density at radius 3 is 2.76 bits per heavy atom. The number of pyridine rings is 1. The molecule has 1 fully saturated rings. The van der Waals surface area contributed by atoms with Gasteiger partial charge in [0.15, 0.2) is 11.5 Å². The van der Waals surface area contributed by atoms with Gasteiger partial charge in [0, 0.05) is 24.3 Å². The summed E-state index contributed by atoms with van der Waals surface area (Å²) in [5.41, 5.74) is 2.62. The number of aromatic amines is 1. The van der Waals surface area contributed by atoms with Gasteiger partial charge in [-0.2, -0.15) is 15.3 Å². The van der Waals surface area contributed by atoms with Crippen molar-refractivity contribution in [1.29, 1.82) is 5.26 Å². The second kappa shape index (κ2) is 9.02. The van der Waals surface area contributed by atoms with Crippen LogP contribution in [-0.4, -0.2) is 49.1 Å². The topological polar surface area (TPSA) is 127 Å². The number of carbonyl (C=O) groups excluding carboxylic acids is 1. The first-order valence-corrected chi connectivity index (χ1v) is 12.3. The molecule has 4 aromatic rings. The summed E-state index contributed by atoms with van der Waals surface area (Å²) in [6.45, 7) is 1.76. The fourth-order valence-corrected chi connectivity index (χ4v) is 5.19. The second-order valence-electron chi connectivity index (χ2n) is 9.57. The number of halogens is 2. The lowest BCUT2D eigenvalue weighted by Crippen LogP contribution is -2.56. The summed E-state index contributed by atoms with van der Waals surface area (Å²) in [6.07, 6.45) is 4.81. The summed E-state index contributed by atoms with van der Waals surface area (Å²) >= 11 is 0. The summed E-state index contributed by atoms with van der Waals surface area (Å²) in [7, 11) is 0. The molecular weight excluding hydrogens is 492 g/mol. The number of rotatable bonds is 4. The minimum Gasteiger partial charge on any atom is -0.340 e. The van der Waals surface area contributed by atoms with Gasteiger partial charge in [-0.25, -0.2) is 18.7 Å². The van der Waals surface area contributed by atoms with E-state index < -0.39 is 12.0 Å². The van der Waals surface area contributed by atoms with E-state index in [9.17, 15) is 18.8 Å². The lowest BCUT2D eigenvalue weighted by molar-refractivity contribution is -0.119. The molecule has 0 spiro atoms. The summed E-state index contributed by atoms with van der Waals surface area (Å²) in [4.78, 5) is 30.6. The van der Waals surface area contributed by atoms with E-state index in [1.54, 1.807) is 49.8 Å². The van der Waals surface area contributed by atoms with Gasteiger partial charge in [0.25, 0.3) is 5.91 Å². The van der Waals surface area contributed by atoms with E-state index in [1.165, 1.54) is 4.90 Å². The molecule has 10 nitrogen and oxygen atoms in total. The third-order valence-electron chi connectivity index (χ3n) is 7.09. The van der Waals surface area contributed by atoms with Crippen LogP contribution in [0.25, 0.3) is 11.0 Å². The van der Waals surface area contributed by atoms with Crippen LogP contribution in [0.4, 0.5) is 37.6 Å². The molecule has 12 heteroatoms. The minimum absolute atomic E-state index is 0.238. The molecule has 0 radical (unpaired) electrons. The van der Waals surface area contributed by atoms with Crippen molar-refractivity contribution in [3.63, 3.8) is 0 Å². The first kappa shape index (κ1) is 23.7. The highest BCUT2D eigenvalue weighted by Crippen LogP contribution is 2.44. The average Bonchev–Trinajstić information content (AvgIpc) is 3.38. The number of H-pyrrole nitrogens is 1. The third kappa shape index (κ3) is 4.15. The fraction of sp³-hybridized carbons (Fsp3) is 0.308. The number of nitriles is 1. The van der Waals surface area contributed by atoms with E-state index in [1.807, 2.05) is 11.0 Å². The van der Waals surface area contributed by atoms with Crippen LogP contribution in [0.15, 0.2) is 48.9 Å². The van der Waals surface area contributed by atoms with Gasteiger partial charge in [-0.05, 0) is 44.0 Å².